The first-order chi connectivity index (χ1) is 12.3. The summed E-state index contributed by atoms with van der Waals surface area (Å²) in [6.07, 6.45) is 12.7. The Morgan fingerprint density at radius 3 is 2.68 bits per heavy atom. The molecule has 0 radical (unpaired) electrons. The highest BCUT2D eigenvalue weighted by molar-refractivity contribution is 5.82. The van der Waals surface area contributed by atoms with Gasteiger partial charge in [0.1, 0.15) is 0 Å². The van der Waals surface area contributed by atoms with Gasteiger partial charge in [0.05, 0.1) is 18.5 Å². The van der Waals surface area contributed by atoms with Crippen LogP contribution in [0.3, 0.4) is 0 Å². The fraction of sp³-hybridized carbons (Fsp3) is 0.524. The molecule has 2 aromatic heterocycles. The molecule has 0 atom stereocenters. The Labute approximate surface area is 149 Å². The summed E-state index contributed by atoms with van der Waals surface area (Å²) in [6, 6.07) is 4.06. The van der Waals surface area contributed by atoms with Gasteiger partial charge in [-0.1, -0.05) is 19.3 Å². The first-order valence-electron chi connectivity index (χ1n) is 9.59. The molecular formula is C21H27N3O. The number of hydrogen-bond donors (Lipinski definition) is 1. The van der Waals surface area contributed by atoms with Gasteiger partial charge in [-0.3, -0.25) is 4.98 Å². The number of nitrogen functional groups attached to an aromatic ring is 1. The number of pyridine rings is 2. The summed E-state index contributed by atoms with van der Waals surface area (Å²) >= 11 is 0. The molecule has 2 aliphatic carbocycles. The molecular weight excluding hydrogens is 310 g/mol. The molecule has 0 saturated heterocycles. The van der Waals surface area contributed by atoms with E-state index in [1.807, 2.05) is 12.3 Å². The average Bonchev–Trinajstić information content (AvgIpc) is 3.07. The number of methoxy groups -OCH3 is 1. The van der Waals surface area contributed by atoms with Gasteiger partial charge in [-0.15, -0.1) is 0 Å². The van der Waals surface area contributed by atoms with Crippen LogP contribution in [-0.4, -0.2) is 17.1 Å². The second-order valence-electron chi connectivity index (χ2n) is 7.34. The summed E-state index contributed by atoms with van der Waals surface area (Å²) in [6.45, 7) is 0. The summed E-state index contributed by atoms with van der Waals surface area (Å²) in [5.41, 5.74) is 13.7. The molecule has 0 spiro atoms. The van der Waals surface area contributed by atoms with Crippen LogP contribution < -0.4 is 10.5 Å². The van der Waals surface area contributed by atoms with Crippen molar-refractivity contribution in [3.05, 3.63) is 35.3 Å². The largest absolute Gasteiger partial charge is 0.481 e. The highest BCUT2D eigenvalue weighted by atomic mass is 16.5. The molecule has 0 unspecified atom stereocenters. The van der Waals surface area contributed by atoms with Crippen molar-refractivity contribution in [3.8, 4) is 17.0 Å². The molecule has 1 saturated carbocycles. The smallest absolute Gasteiger partial charge is 0.213 e. The van der Waals surface area contributed by atoms with Crippen molar-refractivity contribution in [3.63, 3.8) is 0 Å². The molecule has 4 rings (SSSR count). The lowest BCUT2D eigenvalue weighted by Crippen LogP contribution is -2.11. The number of rotatable bonds is 3. The summed E-state index contributed by atoms with van der Waals surface area (Å²) in [4.78, 5) is 9.38. The number of aromatic nitrogens is 2. The Morgan fingerprint density at radius 1 is 1.08 bits per heavy atom. The first-order valence-corrected chi connectivity index (χ1v) is 9.59. The van der Waals surface area contributed by atoms with Crippen molar-refractivity contribution < 1.29 is 4.74 Å². The second-order valence-corrected chi connectivity index (χ2v) is 7.34. The molecule has 2 heterocycles. The van der Waals surface area contributed by atoms with Crippen molar-refractivity contribution >= 4 is 5.69 Å². The van der Waals surface area contributed by atoms with E-state index in [1.165, 1.54) is 61.8 Å². The fourth-order valence-corrected chi connectivity index (χ4v) is 4.47. The topological polar surface area (TPSA) is 61.0 Å². The number of anilines is 1. The average molecular weight is 337 g/mol. The Bertz CT molecular complexity index is 766. The van der Waals surface area contributed by atoms with Gasteiger partial charge in [-0.2, -0.15) is 0 Å². The van der Waals surface area contributed by atoms with Crippen LogP contribution in [0.5, 0.6) is 5.88 Å². The molecule has 25 heavy (non-hydrogen) atoms. The fourth-order valence-electron chi connectivity index (χ4n) is 4.47. The minimum atomic E-state index is 0.524. The number of aryl methyl sites for hydroxylation is 1. The van der Waals surface area contributed by atoms with Crippen LogP contribution in [0.4, 0.5) is 5.69 Å². The molecule has 0 bridgehead atoms. The van der Waals surface area contributed by atoms with Crippen LogP contribution >= 0.6 is 0 Å². The van der Waals surface area contributed by atoms with E-state index >= 15 is 0 Å². The normalized spacial score (nSPS) is 18.0. The monoisotopic (exact) mass is 337 g/mol. The zero-order valence-corrected chi connectivity index (χ0v) is 15.1. The van der Waals surface area contributed by atoms with Crippen molar-refractivity contribution in [1.29, 1.82) is 0 Å². The molecule has 0 aliphatic heterocycles. The van der Waals surface area contributed by atoms with Gasteiger partial charge < -0.3 is 10.5 Å². The van der Waals surface area contributed by atoms with Crippen LogP contribution in [0.1, 0.15) is 67.8 Å². The predicted octanol–water partition coefficient (Wildman–Crippen LogP) is 4.66. The minimum absolute atomic E-state index is 0.524. The maximum Gasteiger partial charge on any atom is 0.213 e. The Balaban J connectivity index is 1.91. The molecule has 2 aliphatic rings. The van der Waals surface area contributed by atoms with E-state index < -0.39 is 0 Å². The van der Waals surface area contributed by atoms with Crippen LogP contribution in [0.25, 0.3) is 11.1 Å². The number of ether oxygens (including phenoxy) is 1. The quantitative estimate of drug-likeness (QED) is 0.827. The van der Waals surface area contributed by atoms with Crippen molar-refractivity contribution in [2.24, 2.45) is 0 Å². The first kappa shape index (κ1) is 16.4. The van der Waals surface area contributed by atoms with E-state index in [1.54, 1.807) is 7.11 Å². The van der Waals surface area contributed by atoms with Crippen LogP contribution in [0.2, 0.25) is 0 Å². The molecule has 2 aromatic rings. The lowest BCUT2D eigenvalue weighted by molar-refractivity contribution is 0.398. The van der Waals surface area contributed by atoms with Crippen molar-refractivity contribution in [1.82, 2.24) is 9.97 Å². The number of fused-ring (bicyclic) bond motifs is 1. The van der Waals surface area contributed by atoms with E-state index in [9.17, 15) is 0 Å². The van der Waals surface area contributed by atoms with Gasteiger partial charge >= 0.3 is 0 Å². The zero-order valence-electron chi connectivity index (χ0n) is 15.1. The Kier molecular flexibility index (Phi) is 4.60. The molecule has 0 amide bonds. The van der Waals surface area contributed by atoms with Gasteiger partial charge in [0, 0.05) is 29.4 Å². The molecule has 0 aromatic carbocycles. The van der Waals surface area contributed by atoms with Crippen molar-refractivity contribution in [2.45, 2.75) is 63.7 Å². The van der Waals surface area contributed by atoms with Gasteiger partial charge in [0.2, 0.25) is 5.88 Å². The standard InChI is InChI=1S/C21H27N3O/c1-25-18-13-15(11-12-23-18)19-16-9-3-2-4-10-17(16)24-21(20(19)22)14-7-5-6-8-14/h11-14H,2-10,22H2,1H3. The van der Waals surface area contributed by atoms with Crippen LogP contribution in [0.15, 0.2) is 18.3 Å². The molecule has 4 heteroatoms. The summed E-state index contributed by atoms with van der Waals surface area (Å²) < 4.78 is 5.35. The third-order valence-corrected chi connectivity index (χ3v) is 5.77. The SMILES string of the molecule is COc1cc(-c2c(N)c(C3CCCC3)nc3c2CCCCC3)ccn1. The third-order valence-electron chi connectivity index (χ3n) is 5.77. The van der Waals surface area contributed by atoms with E-state index in [2.05, 4.69) is 11.1 Å². The van der Waals surface area contributed by atoms with E-state index in [0.717, 1.165) is 29.8 Å². The lowest BCUT2D eigenvalue weighted by Gasteiger charge is -2.21. The van der Waals surface area contributed by atoms with Gasteiger partial charge in [-0.05, 0) is 55.7 Å². The number of nitrogens with zero attached hydrogens (tertiary/aromatic N) is 2. The molecule has 132 valence electrons. The summed E-state index contributed by atoms with van der Waals surface area (Å²) in [5, 5.41) is 0. The van der Waals surface area contributed by atoms with Crippen LogP contribution in [0, 0.1) is 0 Å². The minimum Gasteiger partial charge on any atom is -0.481 e. The van der Waals surface area contributed by atoms with Gasteiger partial charge in [-0.25, -0.2) is 4.98 Å². The summed E-state index contributed by atoms with van der Waals surface area (Å²) in [5.74, 6) is 1.16. The van der Waals surface area contributed by atoms with Crippen molar-refractivity contribution in [2.75, 3.05) is 12.8 Å². The van der Waals surface area contributed by atoms with Crippen LogP contribution in [-0.2, 0) is 12.8 Å². The number of nitrogens with two attached hydrogens (primary N) is 1. The Hall–Kier alpha value is -2.10. The highest BCUT2D eigenvalue weighted by Gasteiger charge is 2.26. The van der Waals surface area contributed by atoms with E-state index in [-0.39, 0.29) is 0 Å². The zero-order chi connectivity index (χ0) is 17.2. The molecule has 2 N–H and O–H groups in total. The van der Waals surface area contributed by atoms with E-state index in [0.29, 0.717) is 11.8 Å². The van der Waals surface area contributed by atoms with E-state index in [4.69, 9.17) is 15.5 Å². The third kappa shape index (κ3) is 3.10. The van der Waals surface area contributed by atoms with Gasteiger partial charge in [0.15, 0.2) is 0 Å². The predicted molar refractivity (Wildman–Crippen MR) is 101 cm³/mol. The molecule has 1 fully saturated rings. The second kappa shape index (κ2) is 7.03. The lowest BCUT2D eigenvalue weighted by atomic mass is 9.90. The van der Waals surface area contributed by atoms with Gasteiger partial charge in [0.25, 0.3) is 0 Å². The Morgan fingerprint density at radius 2 is 1.88 bits per heavy atom. The highest BCUT2D eigenvalue weighted by Crippen LogP contribution is 2.43. The maximum atomic E-state index is 6.74. The maximum absolute atomic E-state index is 6.74. The number of hydrogen-bond acceptors (Lipinski definition) is 4. The summed E-state index contributed by atoms with van der Waals surface area (Å²) in [7, 11) is 1.66. The molecule has 4 nitrogen and oxygen atoms in total.